The number of hydrogen-bond donors (Lipinski definition) is 1. The molecule has 18 heavy (non-hydrogen) atoms. The first kappa shape index (κ1) is 13.2. The first-order valence-electron chi connectivity index (χ1n) is 6.02. The smallest absolute Gasteiger partial charge is 0.103 e. The van der Waals surface area contributed by atoms with Gasteiger partial charge in [-0.2, -0.15) is 8.75 Å². The predicted molar refractivity (Wildman–Crippen MR) is 73.7 cm³/mol. The van der Waals surface area contributed by atoms with Gasteiger partial charge in [0.2, 0.25) is 0 Å². The van der Waals surface area contributed by atoms with Crippen LogP contribution in [0.5, 0.6) is 0 Å². The Labute approximate surface area is 112 Å². The Morgan fingerprint density at radius 3 is 2.39 bits per heavy atom. The number of aromatic nitrogens is 2. The summed E-state index contributed by atoms with van der Waals surface area (Å²) < 4.78 is 7.95. The lowest BCUT2D eigenvalue weighted by atomic mass is 9.86. The standard InChI is InChI=1S/C14H18N2OS/c1-14(2,3)11-6-4-10(5-7-11)8-13(17)12-9-15-18-16-12/h4-7,9,13,17H,8H2,1-3H3. The van der Waals surface area contributed by atoms with E-state index in [9.17, 15) is 5.11 Å². The molecule has 1 N–H and O–H groups in total. The van der Waals surface area contributed by atoms with Crippen molar-refractivity contribution in [1.29, 1.82) is 0 Å². The first-order chi connectivity index (χ1) is 8.47. The van der Waals surface area contributed by atoms with Gasteiger partial charge in [0.1, 0.15) is 11.8 Å². The van der Waals surface area contributed by atoms with E-state index in [4.69, 9.17) is 0 Å². The Bertz CT molecular complexity index is 486. The molecule has 4 heteroatoms. The zero-order chi connectivity index (χ0) is 13.2. The molecule has 0 spiro atoms. The summed E-state index contributed by atoms with van der Waals surface area (Å²) >= 11 is 1.12. The minimum Gasteiger partial charge on any atom is -0.386 e. The molecule has 0 aliphatic heterocycles. The lowest BCUT2D eigenvalue weighted by Gasteiger charge is -2.19. The molecular formula is C14H18N2OS. The summed E-state index contributed by atoms with van der Waals surface area (Å²) in [6.45, 7) is 6.58. The molecule has 0 fully saturated rings. The van der Waals surface area contributed by atoms with Gasteiger partial charge in [0, 0.05) is 6.42 Å². The normalized spacial score (nSPS) is 13.6. The van der Waals surface area contributed by atoms with Crippen molar-refractivity contribution in [2.75, 3.05) is 0 Å². The third-order valence-electron chi connectivity index (χ3n) is 2.97. The molecule has 0 saturated carbocycles. The first-order valence-corrected chi connectivity index (χ1v) is 6.75. The Morgan fingerprint density at radius 1 is 1.22 bits per heavy atom. The number of benzene rings is 1. The largest absolute Gasteiger partial charge is 0.386 e. The number of hydrogen-bond acceptors (Lipinski definition) is 4. The highest BCUT2D eigenvalue weighted by molar-refractivity contribution is 6.99. The summed E-state index contributed by atoms with van der Waals surface area (Å²) in [6, 6.07) is 8.40. The molecule has 1 unspecified atom stereocenters. The Morgan fingerprint density at radius 2 is 1.89 bits per heavy atom. The maximum atomic E-state index is 10.00. The average Bonchev–Trinajstić information content (AvgIpc) is 2.82. The lowest BCUT2D eigenvalue weighted by molar-refractivity contribution is 0.174. The minimum absolute atomic E-state index is 0.163. The lowest BCUT2D eigenvalue weighted by Crippen LogP contribution is -2.11. The molecule has 3 nitrogen and oxygen atoms in total. The molecule has 0 bridgehead atoms. The van der Waals surface area contributed by atoms with Crippen molar-refractivity contribution in [2.24, 2.45) is 0 Å². The van der Waals surface area contributed by atoms with Crippen LogP contribution in [0.4, 0.5) is 0 Å². The predicted octanol–water partition coefficient (Wildman–Crippen LogP) is 3.11. The third kappa shape index (κ3) is 3.15. The number of aliphatic hydroxyl groups excluding tert-OH is 1. The Balaban J connectivity index is 2.07. The fourth-order valence-electron chi connectivity index (χ4n) is 1.79. The van der Waals surface area contributed by atoms with E-state index in [2.05, 4.69) is 53.8 Å². The summed E-state index contributed by atoms with van der Waals surface area (Å²) in [5.74, 6) is 0. The summed E-state index contributed by atoms with van der Waals surface area (Å²) in [5.41, 5.74) is 3.23. The molecular weight excluding hydrogens is 244 g/mol. The molecule has 0 amide bonds. The van der Waals surface area contributed by atoms with Gasteiger partial charge >= 0.3 is 0 Å². The molecule has 0 aliphatic carbocycles. The van der Waals surface area contributed by atoms with E-state index >= 15 is 0 Å². The van der Waals surface area contributed by atoms with Crippen LogP contribution in [0.2, 0.25) is 0 Å². The second-order valence-electron chi connectivity index (χ2n) is 5.50. The number of rotatable bonds is 3. The molecule has 0 saturated heterocycles. The zero-order valence-corrected chi connectivity index (χ0v) is 11.7. The third-order valence-corrected chi connectivity index (χ3v) is 3.46. The van der Waals surface area contributed by atoms with Gasteiger partial charge in [-0.25, -0.2) is 0 Å². The van der Waals surface area contributed by atoms with Crippen molar-refractivity contribution in [2.45, 2.75) is 38.7 Å². The molecule has 1 aromatic heterocycles. The highest BCUT2D eigenvalue weighted by Crippen LogP contribution is 2.23. The van der Waals surface area contributed by atoms with Crippen molar-refractivity contribution >= 4 is 11.7 Å². The number of aliphatic hydroxyl groups is 1. The Kier molecular flexibility index (Phi) is 3.78. The summed E-state index contributed by atoms with van der Waals surface area (Å²) in [7, 11) is 0. The van der Waals surface area contributed by atoms with E-state index in [1.165, 1.54) is 5.56 Å². The summed E-state index contributed by atoms with van der Waals surface area (Å²) in [6.07, 6.45) is 1.64. The van der Waals surface area contributed by atoms with E-state index in [-0.39, 0.29) is 5.41 Å². The van der Waals surface area contributed by atoms with Crippen molar-refractivity contribution < 1.29 is 5.11 Å². The van der Waals surface area contributed by atoms with Gasteiger partial charge < -0.3 is 5.11 Å². The Hall–Kier alpha value is -1.26. The van der Waals surface area contributed by atoms with Crippen molar-refractivity contribution in [3.63, 3.8) is 0 Å². The fraction of sp³-hybridized carbons (Fsp3) is 0.429. The molecule has 0 aliphatic rings. The van der Waals surface area contributed by atoms with Crippen LogP contribution < -0.4 is 0 Å². The molecule has 1 heterocycles. The molecule has 96 valence electrons. The highest BCUT2D eigenvalue weighted by Gasteiger charge is 2.14. The van der Waals surface area contributed by atoms with E-state index in [0.717, 1.165) is 17.3 Å². The molecule has 1 aromatic carbocycles. The summed E-state index contributed by atoms with van der Waals surface area (Å²) in [4.78, 5) is 0. The van der Waals surface area contributed by atoms with Gasteiger partial charge in [-0.05, 0) is 16.5 Å². The quantitative estimate of drug-likeness (QED) is 0.924. The second-order valence-corrected chi connectivity index (χ2v) is 6.06. The second kappa shape index (κ2) is 5.16. The van der Waals surface area contributed by atoms with Crippen LogP contribution in [-0.2, 0) is 11.8 Å². The molecule has 0 radical (unpaired) electrons. The van der Waals surface area contributed by atoms with Crippen LogP contribution in [0.15, 0.2) is 30.5 Å². The topological polar surface area (TPSA) is 46.0 Å². The van der Waals surface area contributed by atoms with Crippen LogP contribution in [0.25, 0.3) is 0 Å². The maximum Gasteiger partial charge on any atom is 0.103 e. The van der Waals surface area contributed by atoms with Crippen molar-refractivity contribution in [1.82, 2.24) is 8.75 Å². The zero-order valence-electron chi connectivity index (χ0n) is 10.9. The van der Waals surface area contributed by atoms with Crippen molar-refractivity contribution in [3.8, 4) is 0 Å². The van der Waals surface area contributed by atoms with Gasteiger partial charge in [-0.15, -0.1) is 0 Å². The average molecular weight is 262 g/mol. The van der Waals surface area contributed by atoms with Crippen LogP contribution in [0, 0.1) is 0 Å². The van der Waals surface area contributed by atoms with Crippen molar-refractivity contribution in [3.05, 3.63) is 47.3 Å². The minimum atomic E-state index is -0.566. The van der Waals surface area contributed by atoms with Gasteiger partial charge in [0.05, 0.1) is 17.9 Å². The van der Waals surface area contributed by atoms with Gasteiger partial charge in [0.25, 0.3) is 0 Å². The molecule has 2 rings (SSSR count). The van der Waals surface area contributed by atoms with Gasteiger partial charge in [-0.3, -0.25) is 0 Å². The van der Waals surface area contributed by atoms with Gasteiger partial charge in [-0.1, -0.05) is 45.0 Å². The monoisotopic (exact) mass is 262 g/mol. The van der Waals surface area contributed by atoms with Crippen LogP contribution in [0.1, 0.15) is 43.7 Å². The van der Waals surface area contributed by atoms with E-state index < -0.39 is 6.10 Å². The van der Waals surface area contributed by atoms with Crippen LogP contribution >= 0.6 is 11.7 Å². The highest BCUT2D eigenvalue weighted by atomic mass is 32.1. The van der Waals surface area contributed by atoms with Crippen LogP contribution in [0.3, 0.4) is 0 Å². The van der Waals surface area contributed by atoms with Crippen LogP contribution in [-0.4, -0.2) is 13.9 Å². The number of nitrogens with zero attached hydrogens (tertiary/aromatic N) is 2. The van der Waals surface area contributed by atoms with E-state index in [1.54, 1.807) is 6.20 Å². The molecule has 2 aromatic rings. The molecule has 1 atom stereocenters. The van der Waals surface area contributed by atoms with Gasteiger partial charge in [0.15, 0.2) is 0 Å². The van der Waals surface area contributed by atoms with E-state index in [1.807, 2.05) is 0 Å². The SMILES string of the molecule is CC(C)(C)c1ccc(CC(O)c2cnsn2)cc1. The summed E-state index contributed by atoms with van der Waals surface area (Å²) in [5, 5.41) is 10.00. The fourth-order valence-corrected chi connectivity index (χ4v) is 2.25. The maximum absolute atomic E-state index is 10.00. The van der Waals surface area contributed by atoms with E-state index in [0.29, 0.717) is 12.1 Å².